The van der Waals surface area contributed by atoms with Gasteiger partial charge in [-0.2, -0.15) is 0 Å². The lowest BCUT2D eigenvalue weighted by atomic mass is 9.96. The van der Waals surface area contributed by atoms with Crippen LogP contribution in [-0.2, 0) is 6.54 Å². The van der Waals surface area contributed by atoms with E-state index in [2.05, 4.69) is 26.1 Å². The third kappa shape index (κ3) is 3.26. The van der Waals surface area contributed by atoms with Crippen molar-refractivity contribution in [2.75, 3.05) is 0 Å². The third-order valence-electron chi connectivity index (χ3n) is 2.87. The molecular weight excluding hydrogens is 214 g/mol. The zero-order valence-corrected chi connectivity index (χ0v) is 10.6. The van der Waals surface area contributed by atoms with Gasteiger partial charge in [0, 0.05) is 22.3 Å². The van der Waals surface area contributed by atoms with Gasteiger partial charge in [0.05, 0.1) is 5.02 Å². The minimum atomic E-state index is 0.260. The molecule has 0 aliphatic heterocycles. The molecule has 0 atom stereocenters. The Balaban J connectivity index is 2.47. The maximum atomic E-state index is 5.86. The molecule has 0 aromatic carbocycles. The summed E-state index contributed by atoms with van der Waals surface area (Å²) in [5, 5.41) is 6.41. The Morgan fingerprint density at radius 2 is 2.07 bits per heavy atom. The van der Waals surface area contributed by atoms with Gasteiger partial charge in [-0.05, 0) is 25.8 Å². The zero-order chi connectivity index (χ0) is 10.6. The van der Waals surface area contributed by atoms with Crippen molar-refractivity contribution in [1.29, 1.82) is 0 Å². The van der Waals surface area contributed by atoms with Gasteiger partial charge in [0.25, 0.3) is 0 Å². The highest BCUT2D eigenvalue weighted by Gasteiger charge is 2.18. The van der Waals surface area contributed by atoms with Crippen molar-refractivity contribution in [2.45, 2.75) is 45.7 Å². The van der Waals surface area contributed by atoms with Crippen LogP contribution >= 0.6 is 22.9 Å². The number of thiophene rings is 1. The minimum absolute atomic E-state index is 0.260. The van der Waals surface area contributed by atoms with E-state index in [0.29, 0.717) is 0 Å². The molecule has 0 amide bonds. The molecule has 1 rings (SSSR count). The summed E-state index contributed by atoms with van der Waals surface area (Å²) in [6, 6.07) is 2.03. The van der Waals surface area contributed by atoms with Crippen LogP contribution in [0.2, 0.25) is 5.02 Å². The standard InChI is InChI=1S/C11H18ClNS/c1-4-11(3,5-2)13-7-10-6-9(12)8-14-10/h6,8,13H,4-5,7H2,1-3H3. The molecule has 1 N–H and O–H groups in total. The van der Waals surface area contributed by atoms with E-state index in [0.717, 1.165) is 24.4 Å². The molecule has 3 heteroatoms. The van der Waals surface area contributed by atoms with Crippen LogP contribution in [0.1, 0.15) is 38.5 Å². The summed E-state index contributed by atoms with van der Waals surface area (Å²) in [7, 11) is 0. The van der Waals surface area contributed by atoms with Gasteiger partial charge in [0.2, 0.25) is 0 Å². The van der Waals surface area contributed by atoms with E-state index in [1.165, 1.54) is 4.88 Å². The predicted molar refractivity (Wildman–Crippen MR) is 65.2 cm³/mol. The summed E-state index contributed by atoms with van der Waals surface area (Å²) >= 11 is 7.58. The molecule has 1 heterocycles. The Labute approximate surface area is 95.5 Å². The molecule has 0 saturated heterocycles. The molecule has 1 aromatic heterocycles. The number of rotatable bonds is 5. The van der Waals surface area contributed by atoms with E-state index in [4.69, 9.17) is 11.6 Å². The van der Waals surface area contributed by atoms with Gasteiger partial charge in [-0.15, -0.1) is 11.3 Å². The van der Waals surface area contributed by atoms with Crippen molar-refractivity contribution >= 4 is 22.9 Å². The Morgan fingerprint density at radius 3 is 2.50 bits per heavy atom. The van der Waals surface area contributed by atoms with Crippen LogP contribution in [0.5, 0.6) is 0 Å². The molecule has 0 fully saturated rings. The van der Waals surface area contributed by atoms with E-state index in [-0.39, 0.29) is 5.54 Å². The van der Waals surface area contributed by atoms with Crippen molar-refractivity contribution in [3.05, 3.63) is 21.3 Å². The summed E-state index contributed by atoms with van der Waals surface area (Å²) in [5.74, 6) is 0. The number of hydrogen-bond acceptors (Lipinski definition) is 2. The molecule has 0 radical (unpaired) electrons. The lowest BCUT2D eigenvalue weighted by Crippen LogP contribution is -2.40. The van der Waals surface area contributed by atoms with Gasteiger partial charge in [-0.25, -0.2) is 0 Å². The van der Waals surface area contributed by atoms with E-state index >= 15 is 0 Å². The fraction of sp³-hybridized carbons (Fsp3) is 0.636. The molecule has 0 aliphatic rings. The lowest BCUT2D eigenvalue weighted by molar-refractivity contribution is 0.330. The fourth-order valence-electron chi connectivity index (χ4n) is 1.25. The van der Waals surface area contributed by atoms with E-state index in [1.807, 2.05) is 11.4 Å². The van der Waals surface area contributed by atoms with Crippen molar-refractivity contribution in [2.24, 2.45) is 0 Å². The van der Waals surface area contributed by atoms with Gasteiger partial charge < -0.3 is 5.32 Å². The second-order valence-electron chi connectivity index (χ2n) is 3.85. The quantitative estimate of drug-likeness (QED) is 0.806. The minimum Gasteiger partial charge on any atom is -0.307 e. The molecule has 0 bridgehead atoms. The summed E-state index contributed by atoms with van der Waals surface area (Å²) in [6.45, 7) is 7.63. The maximum absolute atomic E-state index is 5.86. The van der Waals surface area contributed by atoms with Gasteiger partial charge in [0.1, 0.15) is 0 Å². The molecule has 1 nitrogen and oxygen atoms in total. The van der Waals surface area contributed by atoms with Gasteiger partial charge in [0.15, 0.2) is 0 Å². The average Bonchev–Trinajstić information content (AvgIpc) is 2.61. The molecule has 1 aromatic rings. The monoisotopic (exact) mass is 231 g/mol. The van der Waals surface area contributed by atoms with Crippen molar-refractivity contribution < 1.29 is 0 Å². The fourth-order valence-corrected chi connectivity index (χ4v) is 2.26. The summed E-state index contributed by atoms with van der Waals surface area (Å²) in [5.41, 5.74) is 0.260. The second kappa shape index (κ2) is 5.15. The normalized spacial score (nSPS) is 12.0. The van der Waals surface area contributed by atoms with Crippen molar-refractivity contribution in [3.63, 3.8) is 0 Å². The van der Waals surface area contributed by atoms with Gasteiger partial charge >= 0.3 is 0 Å². The van der Waals surface area contributed by atoms with E-state index in [1.54, 1.807) is 11.3 Å². The number of hydrogen-bond donors (Lipinski definition) is 1. The highest BCUT2D eigenvalue weighted by atomic mass is 35.5. The van der Waals surface area contributed by atoms with Crippen LogP contribution in [0, 0.1) is 0 Å². The molecule has 0 unspecified atom stereocenters. The molecule has 0 aliphatic carbocycles. The Kier molecular flexibility index (Phi) is 4.42. The van der Waals surface area contributed by atoms with Crippen molar-refractivity contribution in [3.8, 4) is 0 Å². The zero-order valence-electron chi connectivity index (χ0n) is 9.06. The first kappa shape index (κ1) is 12.0. The van der Waals surface area contributed by atoms with Crippen LogP contribution in [-0.4, -0.2) is 5.54 Å². The third-order valence-corrected chi connectivity index (χ3v) is 4.16. The predicted octanol–water partition coefficient (Wildman–Crippen LogP) is 4.07. The van der Waals surface area contributed by atoms with Crippen LogP contribution in [0.3, 0.4) is 0 Å². The number of nitrogens with one attached hydrogen (secondary N) is 1. The van der Waals surface area contributed by atoms with Gasteiger partial charge in [-0.3, -0.25) is 0 Å². The summed E-state index contributed by atoms with van der Waals surface area (Å²) < 4.78 is 0. The Morgan fingerprint density at radius 1 is 1.43 bits per heavy atom. The largest absolute Gasteiger partial charge is 0.307 e. The average molecular weight is 232 g/mol. The smallest absolute Gasteiger partial charge is 0.0516 e. The molecule has 80 valence electrons. The first-order valence-electron chi connectivity index (χ1n) is 5.07. The van der Waals surface area contributed by atoms with Crippen LogP contribution in [0.25, 0.3) is 0 Å². The second-order valence-corrected chi connectivity index (χ2v) is 5.28. The Bertz CT molecular complexity index is 279. The first-order chi connectivity index (χ1) is 6.59. The highest BCUT2D eigenvalue weighted by Crippen LogP contribution is 2.21. The lowest BCUT2D eigenvalue weighted by Gasteiger charge is -2.28. The number of halogens is 1. The maximum Gasteiger partial charge on any atom is 0.0516 e. The first-order valence-corrected chi connectivity index (χ1v) is 6.33. The SMILES string of the molecule is CCC(C)(CC)NCc1cc(Cl)cs1. The van der Waals surface area contributed by atoms with E-state index in [9.17, 15) is 0 Å². The Hall–Kier alpha value is -0.0500. The molecule has 14 heavy (non-hydrogen) atoms. The molecule has 0 spiro atoms. The topological polar surface area (TPSA) is 12.0 Å². The highest BCUT2D eigenvalue weighted by molar-refractivity contribution is 7.10. The van der Waals surface area contributed by atoms with Crippen LogP contribution < -0.4 is 5.32 Å². The molecular formula is C11H18ClNS. The van der Waals surface area contributed by atoms with E-state index < -0.39 is 0 Å². The van der Waals surface area contributed by atoms with Gasteiger partial charge in [-0.1, -0.05) is 25.4 Å². The molecule has 0 saturated carbocycles. The van der Waals surface area contributed by atoms with Crippen molar-refractivity contribution in [1.82, 2.24) is 5.32 Å². The van der Waals surface area contributed by atoms with Crippen LogP contribution in [0.4, 0.5) is 0 Å². The summed E-state index contributed by atoms with van der Waals surface area (Å²) in [6.07, 6.45) is 2.31. The summed E-state index contributed by atoms with van der Waals surface area (Å²) in [4.78, 5) is 1.31. The van der Waals surface area contributed by atoms with Crippen LogP contribution in [0.15, 0.2) is 11.4 Å².